The molecule has 90 valence electrons. The molecule has 2 nitrogen and oxygen atoms in total. The van der Waals surface area contributed by atoms with Crippen molar-refractivity contribution in [3.63, 3.8) is 0 Å². The Bertz CT molecular complexity index is 314. The summed E-state index contributed by atoms with van der Waals surface area (Å²) in [5.74, 6) is -0.178. The number of carbonyl (C=O) groups is 1. The third kappa shape index (κ3) is 2.00. The summed E-state index contributed by atoms with van der Waals surface area (Å²) in [6.45, 7) is 2.13. The Morgan fingerprint density at radius 3 is 2.62 bits per heavy atom. The van der Waals surface area contributed by atoms with Gasteiger partial charge in [-0.05, 0) is 38.5 Å². The van der Waals surface area contributed by atoms with Gasteiger partial charge in [-0.15, -0.1) is 0 Å². The second-order valence-electron chi connectivity index (χ2n) is 4.83. The van der Waals surface area contributed by atoms with Gasteiger partial charge in [0, 0.05) is 5.03 Å². The molecule has 0 N–H and O–H groups in total. The Balaban J connectivity index is 2.13. The predicted octanol–water partition coefficient (Wildman–Crippen LogP) is 3.93. The lowest BCUT2D eigenvalue weighted by molar-refractivity contribution is -0.176. The van der Waals surface area contributed by atoms with Crippen molar-refractivity contribution in [3.05, 3.63) is 10.6 Å². The standard InChI is InChI=1S/C13H19ClO2/c1-2-3-7-10(14)11-12(15)16-13(11)8-5-4-6-9-13/h2-9H2,1H3/b11-10+. The maximum atomic E-state index is 11.5. The molecule has 0 aromatic rings. The summed E-state index contributed by atoms with van der Waals surface area (Å²) >= 11 is 6.26. The van der Waals surface area contributed by atoms with Crippen molar-refractivity contribution in [2.75, 3.05) is 0 Å². The minimum absolute atomic E-state index is 0.178. The number of rotatable bonds is 3. The summed E-state index contributed by atoms with van der Waals surface area (Å²) < 4.78 is 5.40. The first-order valence-corrected chi connectivity index (χ1v) is 6.70. The molecule has 0 unspecified atom stereocenters. The average molecular weight is 243 g/mol. The van der Waals surface area contributed by atoms with Crippen LogP contribution in [0, 0.1) is 0 Å². The van der Waals surface area contributed by atoms with E-state index in [-0.39, 0.29) is 11.6 Å². The van der Waals surface area contributed by atoms with Gasteiger partial charge in [0.1, 0.15) is 5.60 Å². The number of ether oxygens (including phenoxy) is 1. The van der Waals surface area contributed by atoms with Crippen molar-refractivity contribution < 1.29 is 9.53 Å². The normalized spacial score (nSPS) is 26.2. The molecule has 1 saturated carbocycles. The lowest BCUT2D eigenvalue weighted by atomic mass is 9.75. The summed E-state index contributed by atoms with van der Waals surface area (Å²) in [7, 11) is 0. The number of allylic oxidation sites excluding steroid dienone is 1. The number of carbonyl (C=O) groups excluding carboxylic acids is 1. The second-order valence-corrected chi connectivity index (χ2v) is 5.28. The van der Waals surface area contributed by atoms with Crippen LogP contribution in [0.5, 0.6) is 0 Å². The van der Waals surface area contributed by atoms with E-state index in [9.17, 15) is 4.79 Å². The monoisotopic (exact) mass is 242 g/mol. The van der Waals surface area contributed by atoms with E-state index in [1.165, 1.54) is 6.42 Å². The predicted molar refractivity (Wildman–Crippen MR) is 64.3 cm³/mol. The van der Waals surface area contributed by atoms with Gasteiger partial charge in [0.05, 0.1) is 5.57 Å². The summed E-state index contributed by atoms with van der Waals surface area (Å²) in [5, 5.41) is 0.750. The Morgan fingerprint density at radius 1 is 1.38 bits per heavy atom. The lowest BCUT2D eigenvalue weighted by Crippen LogP contribution is -2.52. The van der Waals surface area contributed by atoms with E-state index in [0.717, 1.165) is 55.6 Å². The topological polar surface area (TPSA) is 26.3 Å². The minimum Gasteiger partial charge on any atom is -0.450 e. The molecule has 1 saturated heterocycles. The van der Waals surface area contributed by atoms with Crippen LogP contribution in [0.15, 0.2) is 10.6 Å². The van der Waals surface area contributed by atoms with Crippen LogP contribution in [0.2, 0.25) is 0 Å². The molecule has 0 aromatic heterocycles. The number of esters is 1. The molecule has 2 fully saturated rings. The molecule has 0 amide bonds. The molecule has 1 aliphatic carbocycles. The number of hydrogen-bond donors (Lipinski definition) is 0. The van der Waals surface area contributed by atoms with Crippen LogP contribution in [0.1, 0.15) is 58.3 Å². The van der Waals surface area contributed by atoms with Gasteiger partial charge in [-0.25, -0.2) is 4.79 Å². The fraction of sp³-hybridized carbons (Fsp3) is 0.769. The molecule has 2 rings (SSSR count). The fourth-order valence-corrected chi connectivity index (χ4v) is 3.09. The maximum Gasteiger partial charge on any atom is 0.340 e. The highest BCUT2D eigenvalue weighted by molar-refractivity contribution is 6.32. The fourth-order valence-electron chi connectivity index (χ4n) is 2.71. The second kappa shape index (κ2) is 4.79. The van der Waals surface area contributed by atoms with E-state index in [1.807, 2.05) is 0 Å². The molecule has 2 aliphatic rings. The number of halogens is 1. The van der Waals surface area contributed by atoms with Crippen LogP contribution in [0.25, 0.3) is 0 Å². The van der Waals surface area contributed by atoms with Crippen LogP contribution in [-0.4, -0.2) is 11.6 Å². The molecule has 0 atom stereocenters. The van der Waals surface area contributed by atoms with Crippen LogP contribution < -0.4 is 0 Å². The average Bonchev–Trinajstić information content (AvgIpc) is 2.27. The largest absolute Gasteiger partial charge is 0.450 e. The Hall–Kier alpha value is -0.500. The molecule has 16 heavy (non-hydrogen) atoms. The van der Waals surface area contributed by atoms with Crippen LogP contribution in [0.4, 0.5) is 0 Å². The van der Waals surface area contributed by atoms with Gasteiger partial charge >= 0.3 is 5.97 Å². The quantitative estimate of drug-likeness (QED) is 0.554. The van der Waals surface area contributed by atoms with Crippen LogP contribution >= 0.6 is 11.6 Å². The zero-order valence-electron chi connectivity index (χ0n) is 9.85. The first-order chi connectivity index (χ1) is 7.69. The summed E-state index contributed by atoms with van der Waals surface area (Å²) in [5.41, 5.74) is 0.502. The SMILES string of the molecule is CCCC/C(Cl)=C1/C(=O)OC12CCCCC2. The van der Waals surface area contributed by atoms with E-state index in [4.69, 9.17) is 16.3 Å². The first-order valence-electron chi connectivity index (χ1n) is 6.32. The summed E-state index contributed by atoms with van der Waals surface area (Å²) in [6, 6.07) is 0. The summed E-state index contributed by atoms with van der Waals surface area (Å²) in [4.78, 5) is 11.5. The third-order valence-corrected chi connectivity index (χ3v) is 4.01. The van der Waals surface area contributed by atoms with Gasteiger partial charge in [-0.2, -0.15) is 0 Å². The zero-order chi connectivity index (χ0) is 11.6. The molecule has 0 bridgehead atoms. The smallest absolute Gasteiger partial charge is 0.340 e. The van der Waals surface area contributed by atoms with E-state index in [0.29, 0.717) is 0 Å². The Labute approximate surface area is 102 Å². The van der Waals surface area contributed by atoms with Crippen molar-refractivity contribution in [1.82, 2.24) is 0 Å². The molecule has 0 radical (unpaired) electrons. The van der Waals surface area contributed by atoms with Gasteiger partial charge < -0.3 is 4.74 Å². The third-order valence-electron chi connectivity index (χ3n) is 3.63. The maximum absolute atomic E-state index is 11.5. The van der Waals surface area contributed by atoms with Gasteiger partial charge in [0.15, 0.2) is 0 Å². The van der Waals surface area contributed by atoms with Crippen LogP contribution in [-0.2, 0) is 9.53 Å². The molecule has 1 aliphatic heterocycles. The van der Waals surface area contributed by atoms with Crippen molar-refractivity contribution in [2.24, 2.45) is 0 Å². The lowest BCUT2D eigenvalue weighted by Gasteiger charge is -2.46. The zero-order valence-corrected chi connectivity index (χ0v) is 10.6. The van der Waals surface area contributed by atoms with Crippen molar-refractivity contribution in [3.8, 4) is 0 Å². The van der Waals surface area contributed by atoms with E-state index in [1.54, 1.807) is 0 Å². The van der Waals surface area contributed by atoms with Crippen molar-refractivity contribution >= 4 is 17.6 Å². The highest BCUT2D eigenvalue weighted by Crippen LogP contribution is 2.47. The van der Waals surface area contributed by atoms with Gasteiger partial charge in [-0.3, -0.25) is 0 Å². The highest BCUT2D eigenvalue weighted by atomic mass is 35.5. The first kappa shape index (κ1) is 12.0. The van der Waals surface area contributed by atoms with E-state index in [2.05, 4.69) is 6.92 Å². The Kier molecular flexibility index (Phi) is 3.58. The van der Waals surface area contributed by atoms with E-state index < -0.39 is 0 Å². The van der Waals surface area contributed by atoms with Crippen molar-refractivity contribution in [2.45, 2.75) is 63.9 Å². The Morgan fingerprint density at radius 2 is 2.06 bits per heavy atom. The van der Waals surface area contributed by atoms with Gasteiger partial charge in [0.25, 0.3) is 0 Å². The molecule has 0 aromatic carbocycles. The molecule has 1 heterocycles. The minimum atomic E-state index is -0.292. The molecule has 1 spiro atoms. The van der Waals surface area contributed by atoms with E-state index >= 15 is 0 Å². The van der Waals surface area contributed by atoms with Crippen LogP contribution in [0.3, 0.4) is 0 Å². The number of unbranched alkanes of at least 4 members (excludes halogenated alkanes) is 1. The van der Waals surface area contributed by atoms with Gasteiger partial charge in [0.2, 0.25) is 0 Å². The highest BCUT2D eigenvalue weighted by Gasteiger charge is 2.53. The molecule has 3 heteroatoms. The van der Waals surface area contributed by atoms with Crippen molar-refractivity contribution in [1.29, 1.82) is 0 Å². The molecular weight excluding hydrogens is 224 g/mol. The molecular formula is C13H19ClO2. The van der Waals surface area contributed by atoms with Gasteiger partial charge in [-0.1, -0.05) is 31.4 Å². The number of hydrogen-bond acceptors (Lipinski definition) is 2. The summed E-state index contributed by atoms with van der Waals surface area (Å²) in [6.07, 6.45) is 8.46.